The predicted molar refractivity (Wildman–Crippen MR) is 82.7 cm³/mol. The van der Waals surface area contributed by atoms with Gasteiger partial charge in [0.1, 0.15) is 17.8 Å². The van der Waals surface area contributed by atoms with E-state index < -0.39 is 0 Å². The van der Waals surface area contributed by atoms with Crippen molar-refractivity contribution in [2.75, 3.05) is 12.3 Å². The van der Waals surface area contributed by atoms with Crippen LogP contribution in [0.4, 0.5) is 5.82 Å². The number of nitrogen functional groups attached to an aromatic ring is 1. The SMILES string of the molecule is Nc1ncnc2c1c(I)cn2C1CCC(CO)CC1. The number of nitrogens with zero attached hydrogens (tertiary/aromatic N) is 3. The molecule has 2 heterocycles. The van der Waals surface area contributed by atoms with Crippen molar-refractivity contribution in [2.45, 2.75) is 31.7 Å². The van der Waals surface area contributed by atoms with Gasteiger partial charge in [0.2, 0.25) is 0 Å². The molecule has 0 unspecified atom stereocenters. The normalized spacial score (nSPS) is 23.9. The summed E-state index contributed by atoms with van der Waals surface area (Å²) < 4.78 is 3.35. The summed E-state index contributed by atoms with van der Waals surface area (Å²) in [5.74, 6) is 1.02. The summed E-state index contributed by atoms with van der Waals surface area (Å²) in [6.45, 7) is 0.311. The molecule has 1 fully saturated rings. The van der Waals surface area contributed by atoms with E-state index in [9.17, 15) is 5.11 Å². The van der Waals surface area contributed by atoms with Gasteiger partial charge in [-0.1, -0.05) is 0 Å². The van der Waals surface area contributed by atoms with Gasteiger partial charge >= 0.3 is 0 Å². The van der Waals surface area contributed by atoms with Crippen molar-refractivity contribution in [3.05, 3.63) is 16.1 Å². The number of aliphatic hydroxyl groups excluding tert-OH is 1. The molecule has 19 heavy (non-hydrogen) atoms. The molecule has 0 atom stereocenters. The highest BCUT2D eigenvalue weighted by atomic mass is 127. The summed E-state index contributed by atoms with van der Waals surface area (Å²) in [4.78, 5) is 8.46. The first-order chi connectivity index (χ1) is 9.20. The number of hydrogen-bond acceptors (Lipinski definition) is 4. The molecule has 0 radical (unpaired) electrons. The summed E-state index contributed by atoms with van der Waals surface area (Å²) in [6.07, 6.45) is 8.00. The zero-order chi connectivity index (χ0) is 13.4. The van der Waals surface area contributed by atoms with Gasteiger partial charge < -0.3 is 15.4 Å². The molecule has 2 aromatic heterocycles. The smallest absolute Gasteiger partial charge is 0.146 e. The Morgan fingerprint density at radius 1 is 1.32 bits per heavy atom. The van der Waals surface area contributed by atoms with Crippen LogP contribution in [0.25, 0.3) is 11.0 Å². The average Bonchev–Trinajstić information content (AvgIpc) is 2.78. The minimum absolute atomic E-state index is 0.311. The maximum atomic E-state index is 9.21. The Morgan fingerprint density at radius 2 is 2.05 bits per heavy atom. The predicted octanol–water partition coefficient (Wildman–Crippen LogP) is 2.34. The van der Waals surface area contributed by atoms with Crippen LogP contribution in [0.2, 0.25) is 0 Å². The highest BCUT2D eigenvalue weighted by molar-refractivity contribution is 14.1. The fourth-order valence-corrected chi connectivity index (χ4v) is 3.76. The van der Waals surface area contributed by atoms with Gasteiger partial charge in [-0.2, -0.15) is 0 Å². The molecule has 0 bridgehead atoms. The molecule has 1 aliphatic rings. The Labute approximate surface area is 125 Å². The van der Waals surface area contributed by atoms with E-state index in [-0.39, 0.29) is 0 Å². The second-order valence-corrected chi connectivity index (χ2v) is 6.36. The van der Waals surface area contributed by atoms with Crippen LogP contribution >= 0.6 is 22.6 Å². The molecule has 1 saturated carbocycles. The van der Waals surface area contributed by atoms with Crippen molar-refractivity contribution in [3.63, 3.8) is 0 Å². The third-order valence-corrected chi connectivity index (χ3v) is 4.88. The molecule has 0 aromatic carbocycles. The Kier molecular flexibility index (Phi) is 3.62. The van der Waals surface area contributed by atoms with Gasteiger partial charge in [0, 0.05) is 22.4 Å². The largest absolute Gasteiger partial charge is 0.396 e. The summed E-state index contributed by atoms with van der Waals surface area (Å²) in [7, 11) is 0. The number of fused-ring (bicyclic) bond motifs is 1. The summed E-state index contributed by atoms with van der Waals surface area (Å²) in [6, 6.07) is 0.461. The molecule has 5 nitrogen and oxygen atoms in total. The lowest BCUT2D eigenvalue weighted by atomic mass is 9.86. The van der Waals surface area contributed by atoms with Gasteiger partial charge in [-0.3, -0.25) is 0 Å². The summed E-state index contributed by atoms with van der Waals surface area (Å²) >= 11 is 2.29. The number of nitrogens with two attached hydrogens (primary N) is 1. The third-order valence-electron chi connectivity index (χ3n) is 4.06. The highest BCUT2D eigenvalue weighted by Crippen LogP contribution is 2.36. The zero-order valence-electron chi connectivity index (χ0n) is 10.6. The lowest BCUT2D eigenvalue weighted by Crippen LogP contribution is -2.20. The van der Waals surface area contributed by atoms with Gasteiger partial charge in [0.25, 0.3) is 0 Å². The zero-order valence-corrected chi connectivity index (χ0v) is 12.7. The average molecular weight is 372 g/mol. The van der Waals surface area contributed by atoms with Gasteiger partial charge in [0.15, 0.2) is 0 Å². The van der Waals surface area contributed by atoms with Gasteiger partial charge in [-0.15, -0.1) is 0 Å². The highest BCUT2D eigenvalue weighted by Gasteiger charge is 2.24. The number of halogens is 1. The van der Waals surface area contributed by atoms with Crippen molar-refractivity contribution >= 4 is 39.4 Å². The van der Waals surface area contributed by atoms with Crippen molar-refractivity contribution in [1.82, 2.24) is 14.5 Å². The van der Waals surface area contributed by atoms with Crippen LogP contribution in [0.5, 0.6) is 0 Å². The molecule has 6 heteroatoms. The van der Waals surface area contributed by atoms with Crippen LogP contribution in [0.3, 0.4) is 0 Å². The maximum absolute atomic E-state index is 9.21. The standard InChI is InChI=1S/C13H17IN4O/c14-10-5-18(9-3-1-8(6-19)2-4-9)13-11(10)12(15)16-7-17-13/h5,7-9,19H,1-4,6H2,(H2,15,16,17). The van der Waals surface area contributed by atoms with E-state index in [0.717, 1.165) is 40.3 Å². The van der Waals surface area contributed by atoms with Crippen LogP contribution in [-0.2, 0) is 0 Å². The van der Waals surface area contributed by atoms with E-state index in [2.05, 4.69) is 43.3 Å². The summed E-state index contributed by atoms with van der Waals surface area (Å²) in [5, 5.41) is 10.2. The second-order valence-electron chi connectivity index (χ2n) is 5.20. The molecule has 3 N–H and O–H groups in total. The molecule has 102 valence electrons. The van der Waals surface area contributed by atoms with Crippen LogP contribution < -0.4 is 5.73 Å². The molecular formula is C13H17IN4O. The molecule has 2 aromatic rings. The maximum Gasteiger partial charge on any atom is 0.146 e. The monoisotopic (exact) mass is 372 g/mol. The minimum Gasteiger partial charge on any atom is -0.396 e. The molecular weight excluding hydrogens is 355 g/mol. The van der Waals surface area contributed by atoms with E-state index in [0.29, 0.717) is 24.4 Å². The van der Waals surface area contributed by atoms with E-state index >= 15 is 0 Å². The number of aliphatic hydroxyl groups is 1. The van der Waals surface area contributed by atoms with Gasteiger partial charge in [-0.25, -0.2) is 9.97 Å². The minimum atomic E-state index is 0.311. The van der Waals surface area contributed by atoms with E-state index in [4.69, 9.17) is 5.73 Å². The Morgan fingerprint density at radius 3 is 2.74 bits per heavy atom. The molecule has 0 amide bonds. The van der Waals surface area contributed by atoms with Crippen LogP contribution in [-0.4, -0.2) is 26.2 Å². The number of aromatic nitrogens is 3. The first-order valence-electron chi connectivity index (χ1n) is 6.58. The fraction of sp³-hybridized carbons (Fsp3) is 0.538. The Bertz CT molecular complexity index is 590. The van der Waals surface area contributed by atoms with Crippen molar-refractivity contribution in [2.24, 2.45) is 5.92 Å². The van der Waals surface area contributed by atoms with Gasteiger partial charge in [-0.05, 0) is 54.2 Å². The van der Waals surface area contributed by atoms with E-state index in [1.165, 1.54) is 6.33 Å². The molecule has 0 saturated heterocycles. The summed E-state index contributed by atoms with van der Waals surface area (Å²) in [5.41, 5.74) is 6.88. The van der Waals surface area contributed by atoms with Crippen LogP contribution in [0, 0.1) is 9.49 Å². The van der Waals surface area contributed by atoms with E-state index in [1.54, 1.807) is 0 Å². The Hall–Kier alpha value is -0.890. The lowest BCUT2D eigenvalue weighted by Gasteiger charge is -2.28. The first-order valence-corrected chi connectivity index (χ1v) is 7.66. The fourth-order valence-electron chi connectivity index (χ4n) is 2.95. The second kappa shape index (κ2) is 5.24. The van der Waals surface area contributed by atoms with Gasteiger partial charge in [0.05, 0.1) is 5.39 Å². The topological polar surface area (TPSA) is 77.0 Å². The third kappa shape index (κ3) is 2.31. The van der Waals surface area contributed by atoms with E-state index in [1.807, 2.05) is 0 Å². The van der Waals surface area contributed by atoms with Crippen molar-refractivity contribution in [3.8, 4) is 0 Å². The first kappa shape index (κ1) is 13.1. The molecule has 1 aliphatic carbocycles. The number of anilines is 1. The van der Waals surface area contributed by atoms with Crippen LogP contribution in [0.15, 0.2) is 12.5 Å². The molecule has 0 spiro atoms. The molecule has 3 rings (SSSR count). The molecule has 0 aliphatic heterocycles. The Balaban J connectivity index is 1.96. The number of rotatable bonds is 2. The van der Waals surface area contributed by atoms with Crippen molar-refractivity contribution < 1.29 is 5.11 Å². The van der Waals surface area contributed by atoms with Crippen molar-refractivity contribution in [1.29, 1.82) is 0 Å². The number of hydrogen-bond donors (Lipinski definition) is 2. The lowest BCUT2D eigenvalue weighted by molar-refractivity contribution is 0.170. The van der Waals surface area contributed by atoms with Crippen LogP contribution in [0.1, 0.15) is 31.7 Å². The quantitative estimate of drug-likeness (QED) is 0.794.